The van der Waals surface area contributed by atoms with Gasteiger partial charge in [0.15, 0.2) is 0 Å². The van der Waals surface area contributed by atoms with E-state index in [9.17, 15) is 23.1 Å². The summed E-state index contributed by atoms with van der Waals surface area (Å²) >= 11 is 0. The van der Waals surface area contributed by atoms with Gasteiger partial charge in [-0.1, -0.05) is 6.92 Å². The van der Waals surface area contributed by atoms with Crippen molar-refractivity contribution in [2.24, 2.45) is 5.92 Å². The van der Waals surface area contributed by atoms with Crippen molar-refractivity contribution < 1.29 is 23.1 Å². The molecule has 0 spiro atoms. The molecule has 5 rings (SSSR count). The number of pyridine rings is 2. The first kappa shape index (κ1) is 22.1. The molecule has 0 saturated carbocycles. The van der Waals surface area contributed by atoms with E-state index in [0.29, 0.717) is 11.5 Å². The molecule has 0 aromatic carbocycles. The average molecular weight is 470 g/mol. The number of aromatic amines is 1. The van der Waals surface area contributed by atoms with E-state index in [-0.39, 0.29) is 17.3 Å². The standard InChI is InChI=1S/C23H21F3N6O2/c1-12-10-15(23(24,25)26)11-17(29-12)32-18(22(3,34)13(2)21(32)33)20-28-8-9-31(20)16-5-4-14-6-7-27-19(14)30-16/h4-11,13,18,34H,1-3H3,(H,27,30)/t13-,18-,22-/m1/s1. The van der Waals surface area contributed by atoms with Gasteiger partial charge < -0.3 is 10.1 Å². The molecule has 11 heteroatoms. The van der Waals surface area contributed by atoms with Crippen molar-refractivity contribution in [3.8, 4) is 5.82 Å². The molecule has 176 valence electrons. The van der Waals surface area contributed by atoms with Crippen molar-refractivity contribution in [3.63, 3.8) is 0 Å². The Labute approximate surface area is 192 Å². The van der Waals surface area contributed by atoms with E-state index in [1.54, 1.807) is 23.0 Å². The number of H-pyrrole nitrogens is 1. The summed E-state index contributed by atoms with van der Waals surface area (Å²) < 4.78 is 42.1. The number of aryl methyl sites for hydroxylation is 1. The highest BCUT2D eigenvalue weighted by Gasteiger charge is 2.57. The van der Waals surface area contributed by atoms with Crippen LogP contribution in [0.4, 0.5) is 19.0 Å². The normalized spacial score (nSPS) is 23.3. The molecule has 1 fully saturated rings. The van der Waals surface area contributed by atoms with Crippen molar-refractivity contribution in [3.05, 3.63) is 66.0 Å². The summed E-state index contributed by atoms with van der Waals surface area (Å²) in [6, 6.07) is 6.11. The maximum Gasteiger partial charge on any atom is 0.416 e. The maximum atomic E-state index is 13.5. The van der Waals surface area contributed by atoms with E-state index >= 15 is 0 Å². The van der Waals surface area contributed by atoms with Gasteiger partial charge in [0.05, 0.1) is 11.5 Å². The molecule has 8 nitrogen and oxygen atoms in total. The van der Waals surface area contributed by atoms with Crippen molar-refractivity contribution in [2.45, 2.75) is 38.6 Å². The summed E-state index contributed by atoms with van der Waals surface area (Å²) in [6.07, 6.45) is 0.242. The quantitative estimate of drug-likeness (QED) is 0.472. The number of rotatable bonds is 3. The number of anilines is 1. The molecule has 5 heterocycles. The lowest BCUT2D eigenvalue weighted by atomic mass is 9.87. The highest BCUT2D eigenvalue weighted by molar-refractivity contribution is 5.98. The topological polar surface area (TPSA) is 99.9 Å². The van der Waals surface area contributed by atoms with Gasteiger partial charge in [0, 0.05) is 29.7 Å². The lowest BCUT2D eigenvalue weighted by molar-refractivity contribution is -0.137. The van der Waals surface area contributed by atoms with Gasteiger partial charge >= 0.3 is 6.18 Å². The summed E-state index contributed by atoms with van der Waals surface area (Å²) in [5, 5.41) is 12.3. The second-order valence-electron chi connectivity index (χ2n) is 8.65. The number of halogens is 3. The minimum absolute atomic E-state index is 0.0952. The van der Waals surface area contributed by atoms with Gasteiger partial charge in [-0.15, -0.1) is 0 Å². The summed E-state index contributed by atoms with van der Waals surface area (Å²) in [5.74, 6) is -0.952. The third-order valence-corrected chi connectivity index (χ3v) is 6.37. The average Bonchev–Trinajstić information content (AvgIpc) is 3.46. The number of aliphatic hydroxyl groups is 1. The van der Waals surface area contributed by atoms with E-state index in [1.165, 1.54) is 27.0 Å². The number of hydrogen-bond donors (Lipinski definition) is 2. The van der Waals surface area contributed by atoms with Gasteiger partial charge in [-0.2, -0.15) is 13.2 Å². The van der Waals surface area contributed by atoms with E-state index in [4.69, 9.17) is 0 Å². The lowest BCUT2D eigenvalue weighted by Gasteiger charge is -2.31. The van der Waals surface area contributed by atoms with E-state index in [1.807, 2.05) is 12.1 Å². The Kier molecular flexibility index (Phi) is 4.80. The van der Waals surface area contributed by atoms with E-state index in [2.05, 4.69) is 19.9 Å². The molecule has 1 saturated heterocycles. The van der Waals surface area contributed by atoms with Gasteiger partial charge in [-0.3, -0.25) is 14.3 Å². The van der Waals surface area contributed by atoms with Crippen LogP contribution in [0, 0.1) is 12.8 Å². The minimum Gasteiger partial charge on any atom is -0.387 e. The van der Waals surface area contributed by atoms with E-state index < -0.39 is 35.2 Å². The number of amides is 1. The number of nitrogens with one attached hydrogen (secondary N) is 1. The van der Waals surface area contributed by atoms with Crippen LogP contribution in [0.3, 0.4) is 0 Å². The van der Waals surface area contributed by atoms with Crippen molar-refractivity contribution in [2.75, 3.05) is 4.90 Å². The number of fused-ring (bicyclic) bond motifs is 1. The lowest BCUT2D eigenvalue weighted by Crippen LogP contribution is -2.39. The molecular weight excluding hydrogens is 449 g/mol. The molecule has 2 N–H and O–H groups in total. The van der Waals surface area contributed by atoms with Crippen molar-refractivity contribution in [1.82, 2.24) is 24.5 Å². The summed E-state index contributed by atoms with van der Waals surface area (Å²) in [5.41, 5.74) is -1.85. The predicted octanol–water partition coefficient (Wildman–Crippen LogP) is 3.95. The smallest absolute Gasteiger partial charge is 0.387 e. The van der Waals surface area contributed by atoms with Gasteiger partial charge in [-0.25, -0.2) is 15.0 Å². The first-order chi connectivity index (χ1) is 16.0. The highest BCUT2D eigenvalue weighted by Crippen LogP contribution is 2.47. The fourth-order valence-corrected chi connectivity index (χ4v) is 4.41. The molecule has 1 aliphatic rings. The molecule has 0 bridgehead atoms. The Morgan fingerprint density at radius 1 is 1.15 bits per heavy atom. The molecule has 4 aromatic rings. The van der Waals surface area contributed by atoms with Gasteiger partial charge in [0.25, 0.3) is 0 Å². The molecule has 1 aliphatic heterocycles. The molecule has 0 radical (unpaired) electrons. The number of alkyl halides is 3. The summed E-state index contributed by atoms with van der Waals surface area (Å²) in [7, 11) is 0. The summed E-state index contributed by atoms with van der Waals surface area (Å²) in [4.78, 5) is 30.6. The first-order valence-electron chi connectivity index (χ1n) is 10.6. The SMILES string of the molecule is Cc1cc(C(F)(F)F)cc(N2C(=O)[C@@H](C)[C@@](C)(O)[C@H]2c2nccn2-c2ccc3cc[nH]c3n2)n1. The van der Waals surface area contributed by atoms with E-state index in [0.717, 1.165) is 22.4 Å². The zero-order valence-electron chi connectivity index (χ0n) is 18.5. The molecule has 0 unspecified atom stereocenters. The second kappa shape index (κ2) is 7.39. The van der Waals surface area contributed by atoms with Crippen LogP contribution in [-0.2, 0) is 11.0 Å². The van der Waals surface area contributed by atoms with Crippen LogP contribution >= 0.6 is 0 Å². The van der Waals surface area contributed by atoms with Gasteiger partial charge in [0.2, 0.25) is 5.91 Å². The van der Waals surface area contributed by atoms with Crippen molar-refractivity contribution in [1.29, 1.82) is 0 Å². The molecule has 4 aromatic heterocycles. The van der Waals surface area contributed by atoms with Crippen LogP contribution in [-0.4, -0.2) is 41.1 Å². The largest absolute Gasteiger partial charge is 0.416 e. The predicted molar refractivity (Wildman–Crippen MR) is 117 cm³/mol. The zero-order chi connectivity index (χ0) is 24.4. The fourth-order valence-electron chi connectivity index (χ4n) is 4.41. The number of carbonyl (C=O) groups is 1. The van der Waals surface area contributed by atoms with Crippen molar-refractivity contribution >= 4 is 22.8 Å². The summed E-state index contributed by atoms with van der Waals surface area (Å²) in [6.45, 7) is 4.43. The Balaban J connectivity index is 1.68. The molecule has 34 heavy (non-hydrogen) atoms. The molecular formula is C23H21F3N6O2. The van der Waals surface area contributed by atoms with Crippen LogP contribution in [0.1, 0.15) is 37.0 Å². The Hall–Kier alpha value is -3.73. The van der Waals surface area contributed by atoms with Crippen LogP contribution in [0.25, 0.3) is 16.9 Å². The molecule has 1 amide bonds. The Bertz CT molecular complexity index is 1410. The molecule has 3 atom stereocenters. The van der Waals surface area contributed by atoms with Crippen LogP contribution in [0.15, 0.2) is 48.9 Å². The number of carbonyl (C=O) groups excluding carboxylic acids is 1. The number of aromatic nitrogens is 5. The van der Waals surface area contributed by atoms with Gasteiger partial charge in [-0.05, 0) is 44.2 Å². The minimum atomic E-state index is -4.62. The monoisotopic (exact) mass is 470 g/mol. The second-order valence-corrected chi connectivity index (χ2v) is 8.65. The Morgan fingerprint density at radius 2 is 1.91 bits per heavy atom. The number of hydrogen-bond acceptors (Lipinski definition) is 5. The first-order valence-corrected chi connectivity index (χ1v) is 10.6. The third-order valence-electron chi connectivity index (χ3n) is 6.37. The Morgan fingerprint density at radius 3 is 2.65 bits per heavy atom. The number of imidazole rings is 1. The zero-order valence-corrected chi connectivity index (χ0v) is 18.5. The third kappa shape index (κ3) is 3.35. The van der Waals surface area contributed by atoms with Crippen LogP contribution in [0.2, 0.25) is 0 Å². The number of nitrogens with zero attached hydrogens (tertiary/aromatic N) is 5. The highest BCUT2D eigenvalue weighted by atomic mass is 19.4. The molecule has 0 aliphatic carbocycles. The van der Waals surface area contributed by atoms with Crippen LogP contribution in [0.5, 0.6) is 0 Å². The van der Waals surface area contributed by atoms with Gasteiger partial charge in [0.1, 0.15) is 34.8 Å². The van der Waals surface area contributed by atoms with Crippen LogP contribution < -0.4 is 4.90 Å². The fraction of sp³-hybridized carbons (Fsp3) is 0.304. The maximum absolute atomic E-state index is 13.5.